The highest BCUT2D eigenvalue weighted by Crippen LogP contribution is 2.23. The van der Waals surface area contributed by atoms with E-state index in [1.807, 2.05) is 36.4 Å². The molecule has 0 saturated carbocycles. The average molecular weight is 378 g/mol. The minimum atomic E-state index is -0.517. The third-order valence-corrected chi connectivity index (χ3v) is 4.21. The summed E-state index contributed by atoms with van der Waals surface area (Å²) in [5.74, 6) is 0.522. The molecule has 1 heterocycles. The maximum Gasteiger partial charge on any atom is 0.343 e. The van der Waals surface area contributed by atoms with Crippen molar-refractivity contribution in [2.24, 2.45) is 0 Å². The standard InChI is InChI=1S/C23H22O5/c1-2-3-4-15-26-20-11-9-18(10-12-20)17-5-7-19(8-6-17)23(25)28-21-13-14-22(24)27-16-21/h5-14,16H,2-4,15H2,1H3. The summed E-state index contributed by atoms with van der Waals surface area (Å²) in [4.78, 5) is 23.1. The molecule has 0 aliphatic rings. The Hall–Kier alpha value is -3.34. The van der Waals surface area contributed by atoms with Crippen molar-refractivity contribution in [2.75, 3.05) is 6.61 Å². The van der Waals surface area contributed by atoms with Crippen LogP contribution < -0.4 is 15.1 Å². The third-order valence-electron chi connectivity index (χ3n) is 4.21. The Kier molecular flexibility index (Phi) is 6.63. The van der Waals surface area contributed by atoms with Gasteiger partial charge in [-0.15, -0.1) is 0 Å². The Morgan fingerprint density at radius 1 is 0.857 bits per heavy atom. The van der Waals surface area contributed by atoms with Crippen LogP contribution in [0.15, 0.2) is 76.1 Å². The highest BCUT2D eigenvalue weighted by molar-refractivity contribution is 5.91. The molecule has 3 aromatic rings. The molecule has 0 atom stereocenters. The lowest BCUT2D eigenvalue weighted by molar-refractivity contribution is 0.0730. The van der Waals surface area contributed by atoms with Crippen LogP contribution in [0.3, 0.4) is 0 Å². The van der Waals surface area contributed by atoms with Crippen molar-refractivity contribution in [2.45, 2.75) is 26.2 Å². The molecular weight excluding hydrogens is 356 g/mol. The van der Waals surface area contributed by atoms with Gasteiger partial charge in [-0.25, -0.2) is 9.59 Å². The topological polar surface area (TPSA) is 65.7 Å². The summed E-state index contributed by atoms with van der Waals surface area (Å²) in [6.07, 6.45) is 4.52. The molecule has 0 bridgehead atoms. The molecule has 0 N–H and O–H groups in total. The molecule has 0 fully saturated rings. The summed E-state index contributed by atoms with van der Waals surface area (Å²) in [5, 5.41) is 0. The fraction of sp³-hybridized carbons (Fsp3) is 0.217. The highest BCUT2D eigenvalue weighted by atomic mass is 16.5. The molecule has 0 spiro atoms. The number of rotatable bonds is 8. The van der Waals surface area contributed by atoms with Crippen molar-refractivity contribution in [3.63, 3.8) is 0 Å². The van der Waals surface area contributed by atoms with E-state index in [4.69, 9.17) is 9.47 Å². The lowest BCUT2D eigenvalue weighted by Gasteiger charge is -2.08. The number of esters is 1. The molecule has 2 aromatic carbocycles. The fourth-order valence-corrected chi connectivity index (χ4v) is 2.65. The van der Waals surface area contributed by atoms with E-state index in [1.165, 1.54) is 25.0 Å². The van der Waals surface area contributed by atoms with E-state index in [2.05, 4.69) is 11.3 Å². The van der Waals surface area contributed by atoms with Crippen LogP contribution in [0.5, 0.6) is 11.5 Å². The van der Waals surface area contributed by atoms with Crippen LogP contribution in [0, 0.1) is 0 Å². The van der Waals surface area contributed by atoms with Gasteiger partial charge in [0, 0.05) is 6.07 Å². The zero-order valence-electron chi connectivity index (χ0n) is 15.7. The average Bonchev–Trinajstić information content (AvgIpc) is 2.73. The quantitative estimate of drug-likeness (QED) is 0.403. The van der Waals surface area contributed by atoms with E-state index in [0.29, 0.717) is 5.56 Å². The summed E-state index contributed by atoms with van der Waals surface area (Å²) in [6, 6.07) is 17.6. The monoisotopic (exact) mass is 378 g/mol. The maximum atomic E-state index is 12.2. The summed E-state index contributed by atoms with van der Waals surface area (Å²) >= 11 is 0. The first-order chi connectivity index (χ1) is 13.7. The van der Waals surface area contributed by atoms with Crippen LogP contribution in [-0.4, -0.2) is 12.6 Å². The van der Waals surface area contributed by atoms with Crippen LogP contribution in [0.1, 0.15) is 36.5 Å². The number of carbonyl (C=O) groups is 1. The molecule has 0 radical (unpaired) electrons. The van der Waals surface area contributed by atoms with Gasteiger partial charge in [0.2, 0.25) is 0 Å². The second kappa shape index (κ2) is 9.55. The Bertz CT molecular complexity index is 935. The van der Waals surface area contributed by atoms with E-state index in [1.54, 1.807) is 12.1 Å². The summed E-state index contributed by atoms with van der Waals surface area (Å²) < 4.78 is 15.6. The van der Waals surface area contributed by atoms with E-state index < -0.39 is 11.6 Å². The van der Waals surface area contributed by atoms with Gasteiger partial charge < -0.3 is 13.9 Å². The molecule has 0 saturated heterocycles. The van der Waals surface area contributed by atoms with E-state index >= 15 is 0 Å². The van der Waals surface area contributed by atoms with Gasteiger partial charge in [0.05, 0.1) is 12.2 Å². The SMILES string of the molecule is CCCCCOc1ccc(-c2ccc(C(=O)Oc3ccc(=O)oc3)cc2)cc1. The highest BCUT2D eigenvalue weighted by Gasteiger charge is 2.09. The Morgan fingerprint density at radius 3 is 2.11 bits per heavy atom. The van der Waals surface area contributed by atoms with Crippen LogP contribution in [0.25, 0.3) is 11.1 Å². The molecule has 5 heteroatoms. The number of hydrogen-bond donors (Lipinski definition) is 0. The molecule has 144 valence electrons. The second-order valence-electron chi connectivity index (χ2n) is 6.34. The lowest BCUT2D eigenvalue weighted by atomic mass is 10.0. The Morgan fingerprint density at radius 2 is 1.50 bits per heavy atom. The van der Waals surface area contributed by atoms with Gasteiger partial charge in [0.15, 0.2) is 5.75 Å². The third kappa shape index (κ3) is 5.33. The number of unbranched alkanes of at least 4 members (excludes halogenated alkanes) is 2. The van der Waals surface area contributed by atoms with Crippen LogP contribution in [0.2, 0.25) is 0 Å². The normalized spacial score (nSPS) is 10.5. The first-order valence-corrected chi connectivity index (χ1v) is 9.30. The zero-order chi connectivity index (χ0) is 19.8. The minimum absolute atomic E-state index is 0.184. The van der Waals surface area contributed by atoms with E-state index in [9.17, 15) is 9.59 Å². The van der Waals surface area contributed by atoms with E-state index in [0.717, 1.165) is 36.2 Å². The molecule has 0 aliphatic heterocycles. The van der Waals surface area contributed by atoms with Gasteiger partial charge in [0.1, 0.15) is 12.0 Å². The van der Waals surface area contributed by atoms with Crippen LogP contribution in [-0.2, 0) is 0 Å². The second-order valence-corrected chi connectivity index (χ2v) is 6.34. The molecule has 0 amide bonds. The van der Waals surface area contributed by atoms with Gasteiger partial charge in [-0.3, -0.25) is 0 Å². The fourth-order valence-electron chi connectivity index (χ4n) is 2.65. The van der Waals surface area contributed by atoms with Crippen LogP contribution in [0.4, 0.5) is 0 Å². The Labute approximate surface area is 163 Å². The van der Waals surface area contributed by atoms with Crippen molar-refractivity contribution in [1.82, 2.24) is 0 Å². The largest absolute Gasteiger partial charge is 0.494 e. The van der Waals surface area contributed by atoms with Crippen molar-refractivity contribution >= 4 is 5.97 Å². The lowest BCUT2D eigenvalue weighted by Crippen LogP contribution is -2.09. The van der Waals surface area contributed by atoms with Crippen molar-refractivity contribution in [1.29, 1.82) is 0 Å². The maximum absolute atomic E-state index is 12.2. The first-order valence-electron chi connectivity index (χ1n) is 9.30. The molecule has 5 nitrogen and oxygen atoms in total. The number of hydrogen-bond acceptors (Lipinski definition) is 5. The molecule has 3 rings (SSSR count). The number of ether oxygens (including phenoxy) is 2. The molecule has 28 heavy (non-hydrogen) atoms. The van der Waals surface area contributed by atoms with Gasteiger partial charge in [-0.05, 0) is 47.9 Å². The predicted octanol–water partition coefficient (Wildman–Crippen LogP) is 5.10. The zero-order valence-corrected chi connectivity index (χ0v) is 15.7. The smallest absolute Gasteiger partial charge is 0.343 e. The van der Waals surface area contributed by atoms with Crippen LogP contribution >= 0.6 is 0 Å². The van der Waals surface area contributed by atoms with Gasteiger partial charge in [-0.2, -0.15) is 0 Å². The predicted molar refractivity (Wildman–Crippen MR) is 107 cm³/mol. The van der Waals surface area contributed by atoms with Crippen molar-refractivity contribution in [3.8, 4) is 22.6 Å². The molecule has 0 aliphatic carbocycles. The Balaban J connectivity index is 1.61. The van der Waals surface area contributed by atoms with Gasteiger partial charge in [0.25, 0.3) is 0 Å². The van der Waals surface area contributed by atoms with Gasteiger partial charge in [-0.1, -0.05) is 44.0 Å². The molecule has 0 unspecified atom stereocenters. The van der Waals surface area contributed by atoms with Crippen molar-refractivity contribution in [3.05, 3.63) is 82.9 Å². The molecular formula is C23H22O5. The van der Waals surface area contributed by atoms with E-state index in [-0.39, 0.29) is 5.75 Å². The minimum Gasteiger partial charge on any atom is -0.494 e. The van der Waals surface area contributed by atoms with Crippen molar-refractivity contribution < 1.29 is 18.7 Å². The first kappa shape index (κ1) is 19.4. The summed E-state index contributed by atoms with van der Waals surface area (Å²) in [5.41, 5.74) is 1.93. The molecule has 1 aromatic heterocycles. The van der Waals surface area contributed by atoms with Gasteiger partial charge >= 0.3 is 11.6 Å². The number of benzene rings is 2. The summed E-state index contributed by atoms with van der Waals surface area (Å²) in [7, 11) is 0. The summed E-state index contributed by atoms with van der Waals surface area (Å²) in [6.45, 7) is 2.90. The number of carbonyl (C=O) groups excluding carboxylic acids is 1.